The molecule has 2 aromatic carbocycles. The Labute approximate surface area is 193 Å². The second-order valence-corrected chi connectivity index (χ2v) is 8.88. The van der Waals surface area contributed by atoms with Crippen molar-refractivity contribution in [2.75, 3.05) is 5.32 Å². The number of benzene rings is 2. The summed E-state index contributed by atoms with van der Waals surface area (Å²) in [6.07, 6.45) is 4.53. The smallest absolute Gasteiger partial charge is 0.319 e. The van der Waals surface area contributed by atoms with Gasteiger partial charge in [0.25, 0.3) is 5.91 Å². The lowest BCUT2D eigenvalue weighted by atomic mass is 9.74. The van der Waals surface area contributed by atoms with Gasteiger partial charge in [-0.2, -0.15) is 5.26 Å². The number of nitrogens with zero attached hydrogens (tertiary/aromatic N) is 1. The van der Waals surface area contributed by atoms with Crippen molar-refractivity contribution in [2.24, 2.45) is 0 Å². The first-order valence-electron chi connectivity index (χ1n) is 10.7. The molecule has 3 amide bonds. The van der Waals surface area contributed by atoms with Crippen molar-refractivity contribution in [3.8, 4) is 6.07 Å². The molecule has 0 unspecified atom stereocenters. The number of halogens is 2. The Morgan fingerprint density at radius 2 is 2.03 bits per heavy atom. The number of nitriles is 1. The summed E-state index contributed by atoms with van der Waals surface area (Å²) in [6.45, 7) is 0.0684. The monoisotopic (exact) mass is 466 g/mol. The Hall–Kier alpha value is -3.57. The average molecular weight is 467 g/mol. The second-order valence-electron chi connectivity index (χ2n) is 8.47. The third-order valence-corrected chi connectivity index (χ3v) is 6.66. The van der Waals surface area contributed by atoms with Crippen LogP contribution in [0.4, 0.5) is 14.9 Å². The van der Waals surface area contributed by atoms with Gasteiger partial charge in [-0.05, 0) is 42.7 Å². The summed E-state index contributed by atoms with van der Waals surface area (Å²) in [5, 5.41) is 18.5. The normalized spacial score (nSPS) is 16.6. The number of carbonyl (C=O) groups is 2. The summed E-state index contributed by atoms with van der Waals surface area (Å²) in [5.74, 6) is -1.01. The van der Waals surface area contributed by atoms with Crippen LogP contribution in [-0.4, -0.2) is 11.9 Å². The molecule has 0 saturated heterocycles. The van der Waals surface area contributed by atoms with Gasteiger partial charge in [0.2, 0.25) is 0 Å². The molecule has 3 N–H and O–H groups in total. The second kappa shape index (κ2) is 8.09. The first kappa shape index (κ1) is 21.3. The molecule has 2 aliphatic rings. The molecule has 1 aromatic heterocycles. The van der Waals surface area contributed by atoms with E-state index in [9.17, 15) is 14.0 Å². The Morgan fingerprint density at radius 1 is 1.24 bits per heavy atom. The molecule has 1 spiro atoms. The molecular formula is C24H20ClFN4O3. The van der Waals surface area contributed by atoms with Crippen LogP contribution in [0.1, 0.15) is 59.3 Å². The van der Waals surface area contributed by atoms with Crippen molar-refractivity contribution < 1.29 is 18.4 Å². The van der Waals surface area contributed by atoms with Crippen LogP contribution in [0, 0.1) is 17.1 Å². The largest absolute Gasteiger partial charge is 0.450 e. The lowest BCUT2D eigenvalue weighted by molar-refractivity contribution is 0.0925. The highest BCUT2D eigenvalue weighted by molar-refractivity contribution is 6.35. The molecule has 0 bridgehead atoms. The van der Waals surface area contributed by atoms with E-state index in [1.54, 1.807) is 24.3 Å². The fourth-order valence-electron chi connectivity index (χ4n) is 4.82. The fraction of sp³-hybridized carbons (Fsp3) is 0.292. The SMILES string of the molecule is N#Cc1ccc(CNC(=O)c2cc3cc(Cl)c4c(c3o2)C2(CCCCC2)NC(=O)N4)cc1F. The maximum Gasteiger partial charge on any atom is 0.319 e. The van der Waals surface area contributed by atoms with Gasteiger partial charge in [0.15, 0.2) is 5.76 Å². The molecule has 1 saturated carbocycles. The maximum absolute atomic E-state index is 13.8. The average Bonchev–Trinajstić information content (AvgIpc) is 3.21. The van der Waals surface area contributed by atoms with Gasteiger partial charge in [-0.15, -0.1) is 0 Å². The maximum atomic E-state index is 13.8. The molecule has 9 heteroatoms. The van der Waals surface area contributed by atoms with E-state index in [0.717, 1.165) is 37.7 Å². The van der Waals surface area contributed by atoms with Gasteiger partial charge >= 0.3 is 6.03 Å². The standard InChI is InChI=1S/C24H20ClFN4O3/c25-16-9-15-10-18(22(31)28-12-13-4-5-14(11-27)17(26)8-13)33-21(15)19-20(16)29-23(32)30-24(19)6-2-1-3-7-24/h4-5,8-10H,1-3,6-7,12H2,(H,28,31)(H2,29,30,32). The zero-order chi connectivity index (χ0) is 23.2. The van der Waals surface area contributed by atoms with E-state index in [-0.39, 0.29) is 23.9 Å². The predicted molar refractivity (Wildman–Crippen MR) is 120 cm³/mol. The van der Waals surface area contributed by atoms with Gasteiger partial charge in [0.1, 0.15) is 17.5 Å². The van der Waals surface area contributed by atoms with Crippen LogP contribution >= 0.6 is 11.6 Å². The fourth-order valence-corrected chi connectivity index (χ4v) is 5.08. The summed E-state index contributed by atoms with van der Waals surface area (Å²) in [7, 11) is 0. The predicted octanol–water partition coefficient (Wildman–Crippen LogP) is 5.32. The molecule has 1 aliphatic heterocycles. The van der Waals surface area contributed by atoms with E-state index in [2.05, 4.69) is 16.0 Å². The van der Waals surface area contributed by atoms with E-state index in [1.807, 2.05) is 0 Å². The van der Waals surface area contributed by atoms with Crippen molar-refractivity contribution in [1.29, 1.82) is 5.26 Å². The number of nitrogens with one attached hydrogen (secondary N) is 3. The van der Waals surface area contributed by atoms with Crippen LogP contribution in [-0.2, 0) is 12.1 Å². The first-order chi connectivity index (χ1) is 15.9. The topological polar surface area (TPSA) is 107 Å². The van der Waals surface area contributed by atoms with E-state index in [0.29, 0.717) is 27.2 Å². The highest BCUT2D eigenvalue weighted by Crippen LogP contribution is 2.48. The van der Waals surface area contributed by atoms with Gasteiger partial charge in [-0.3, -0.25) is 4.79 Å². The van der Waals surface area contributed by atoms with Crippen LogP contribution in [0.25, 0.3) is 11.0 Å². The van der Waals surface area contributed by atoms with E-state index < -0.39 is 17.3 Å². The molecule has 5 rings (SSSR count). The number of hydrogen-bond donors (Lipinski definition) is 3. The Balaban J connectivity index is 1.48. The lowest BCUT2D eigenvalue weighted by Gasteiger charge is -2.42. The minimum absolute atomic E-state index is 0.0543. The molecule has 0 atom stereocenters. The van der Waals surface area contributed by atoms with Crippen LogP contribution in [0.15, 0.2) is 34.7 Å². The van der Waals surface area contributed by atoms with Crippen LogP contribution < -0.4 is 16.0 Å². The summed E-state index contributed by atoms with van der Waals surface area (Å²) in [5.41, 5.74) is 1.68. The van der Waals surface area contributed by atoms with Crippen molar-refractivity contribution in [2.45, 2.75) is 44.2 Å². The number of hydrogen-bond acceptors (Lipinski definition) is 4. The van der Waals surface area contributed by atoms with Gasteiger partial charge in [-0.25, -0.2) is 9.18 Å². The van der Waals surface area contributed by atoms with Gasteiger partial charge in [0.05, 0.1) is 21.8 Å². The molecule has 0 radical (unpaired) electrons. The lowest BCUT2D eigenvalue weighted by Crippen LogP contribution is -2.52. The minimum Gasteiger partial charge on any atom is -0.450 e. The first-order valence-corrected chi connectivity index (χ1v) is 11.1. The number of amides is 3. The number of furan rings is 1. The molecular weight excluding hydrogens is 447 g/mol. The zero-order valence-electron chi connectivity index (χ0n) is 17.6. The zero-order valence-corrected chi connectivity index (χ0v) is 18.3. The van der Waals surface area contributed by atoms with E-state index >= 15 is 0 Å². The van der Waals surface area contributed by atoms with Crippen molar-refractivity contribution in [1.82, 2.24) is 10.6 Å². The Morgan fingerprint density at radius 3 is 2.76 bits per heavy atom. The number of rotatable bonds is 3. The van der Waals surface area contributed by atoms with Gasteiger partial charge in [-0.1, -0.05) is 36.9 Å². The third-order valence-electron chi connectivity index (χ3n) is 6.37. The van der Waals surface area contributed by atoms with Crippen molar-refractivity contribution in [3.05, 3.63) is 63.6 Å². The Bertz CT molecular complexity index is 1340. The third kappa shape index (κ3) is 3.68. The van der Waals surface area contributed by atoms with E-state index in [1.165, 1.54) is 12.1 Å². The van der Waals surface area contributed by atoms with Crippen molar-refractivity contribution in [3.63, 3.8) is 0 Å². The number of fused-ring (bicyclic) bond motifs is 4. The summed E-state index contributed by atoms with van der Waals surface area (Å²) >= 11 is 6.52. The van der Waals surface area contributed by atoms with Gasteiger partial charge in [0, 0.05) is 17.5 Å². The molecule has 168 valence electrons. The van der Waals surface area contributed by atoms with Crippen molar-refractivity contribution >= 4 is 40.2 Å². The summed E-state index contributed by atoms with van der Waals surface area (Å²) in [6, 6.07) is 8.92. The number of anilines is 1. The van der Waals surface area contributed by atoms with Crippen LogP contribution in [0.5, 0.6) is 0 Å². The summed E-state index contributed by atoms with van der Waals surface area (Å²) < 4.78 is 19.9. The molecule has 1 aliphatic carbocycles. The quantitative estimate of drug-likeness (QED) is 0.485. The highest BCUT2D eigenvalue weighted by Gasteiger charge is 2.43. The van der Waals surface area contributed by atoms with Crippen LogP contribution in [0.2, 0.25) is 5.02 Å². The molecule has 3 aromatic rings. The van der Waals surface area contributed by atoms with Gasteiger partial charge < -0.3 is 20.4 Å². The number of urea groups is 1. The Kier molecular flexibility index (Phi) is 5.22. The highest BCUT2D eigenvalue weighted by atomic mass is 35.5. The number of carbonyl (C=O) groups excluding carboxylic acids is 2. The molecule has 2 heterocycles. The molecule has 7 nitrogen and oxygen atoms in total. The molecule has 1 fully saturated rings. The van der Waals surface area contributed by atoms with Crippen LogP contribution in [0.3, 0.4) is 0 Å². The summed E-state index contributed by atoms with van der Waals surface area (Å²) in [4.78, 5) is 25.2. The van der Waals surface area contributed by atoms with E-state index in [4.69, 9.17) is 21.3 Å². The molecule has 33 heavy (non-hydrogen) atoms. The minimum atomic E-state index is -0.637.